The van der Waals surface area contributed by atoms with Gasteiger partial charge >= 0.3 is 11.9 Å². The number of carboxylic acids is 2. The lowest BCUT2D eigenvalue weighted by Crippen LogP contribution is -2.35. The van der Waals surface area contributed by atoms with Gasteiger partial charge in [0.1, 0.15) is 12.1 Å². The zero-order valence-corrected chi connectivity index (χ0v) is 17.2. The first-order chi connectivity index (χ1) is 12.9. The highest BCUT2D eigenvalue weighted by molar-refractivity contribution is 8.76. The highest BCUT2D eigenvalue weighted by Crippen LogP contribution is 2.22. The van der Waals surface area contributed by atoms with E-state index in [0.29, 0.717) is 13.1 Å². The Hall–Kier alpha value is -0.640. The second-order valence-corrected chi connectivity index (χ2v) is 7.84. The van der Waals surface area contributed by atoms with Gasteiger partial charge in [0, 0.05) is 63.9 Å². The van der Waals surface area contributed by atoms with E-state index in [4.69, 9.17) is 33.1 Å². The lowest BCUT2D eigenvalue weighted by molar-refractivity contribution is -0.138. The van der Waals surface area contributed by atoms with Gasteiger partial charge in [0.2, 0.25) is 0 Å². The van der Waals surface area contributed by atoms with Crippen LogP contribution in [0.4, 0.5) is 0 Å². The number of carbonyl (C=O) groups is 2. The molecule has 0 aliphatic rings. The fourth-order valence-electron chi connectivity index (χ4n) is 1.32. The van der Waals surface area contributed by atoms with Gasteiger partial charge in [-0.2, -0.15) is 0 Å². The summed E-state index contributed by atoms with van der Waals surface area (Å²) in [6.45, 7) is 7.15. The Balaban J connectivity index is 0. The molecule has 0 heterocycles. The molecule has 0 fully saturated rings. The molecule has 0 aliphatic carbocycles. The molecule has 0 aliphatic heterocycles. The molecule has 0 aromatic carbocycles. The molecule has 0 amide bonds. The summed E-state index contributed by atoms with van der Waals surface area (Å²) < 4.78 is 0. The lowest BCUT2D eigenvalue weighted by atomic mass is 10.4. The Morgan fingerprint density at radius 3 is 1.26 bits per heavy atom. The van der Waals surface area contributed by atoms with Crippen molar-refractivity contribution in [3.63, 3.8) is 0 Å². The molecule has 2 atom stereocenters. The maximum atomic E-state index is 10.3. The first kappa shape index (κ1) is 28.6. The van der Waals surface area contributed by atoms with Crippen LogP contribution in [0, 0.1) is 0 Å². The molecule has 0 bridgehead atoms. The van der Waals surface area contributed by atoms with E-state index in [-0.39, 0.29) is 11.5 Å². The number of aliphatic carboxylic acids is 2. The van der Waals surface area contributed by atoms with Gasteiger partial charge in [-0.1, -0.05) is 21.6 Å². The number of nitrogens with one attached hydrogen (secondary N) is 3. The van der Waals surface area contributed by atoms with Gasteiger partial charge in [0.05, 0.1) is 0 Å². The maximum absolute atomic E-state index is 10.3. The van der Waals surface area contributed by atoms with E-state index in [2.05, 4.69) is 16.0 Å². The molecule has 11 nitrogen and oxygen atoms in total. The van der Waals surface area contributed by atoms with Crippen molar-refractivity contribution in [3.8, 4) is 0 Å². The van der Waals surface area contributed by atoms with Crippen LogP contribution in [0.5, 0.6) is 0 Å². The third-order valence-corrected chi connectivity index (χ3v) is 5.29. The maximum Gasteiger partial charge on any atom is 0.321 e. The Kier molecular flexibility index (Phi) is 22.9. The second-order valence-electron chi connectivity index (χ2n) is 5.29. The highest BCUT2D eigenvalue weighted by atomic mass is 33.1. The van der Waals surface area contributed by atoms with Crippen molar-refractivity contribution in [3.05, 3.63) is 0 Å². The van der Waals surface area contributed by atoms with Gasteiger partial charge < -0.3 is 49.1 Å². The van der Waals surface area contributed by atoms with Crippen LogP contribution in [-0.2, 0) is 9.59 Å². The lowest BCUT2D eigenvalue weighted by Gasteiger charge is -2.07. The van der Waals surface area contributed by atoms with Crippen LogP contribution in [0.1, 0.15) is 0 Å². The summed E-state index contributed by atoms with van der Waals surface area (Å²) in [5, 5.41) is 26.5. The fraction of sp³-hybridized carbons (Fsp3) is 0.857. The average Bonchev–Trinajstić information content (AvgIpc) is 2.63. The van der Waals surface area contributed by atoms with Crippen molar-refractivity contribution in [2.45, 2.75) is 12.1 Å². The van der Waals surface area contributed by atoms with Gasteiger partial charge in [-0.15, -0.1) is 0 Å². The molecule has 2 unspecified atom stereocenters. The monoisotopic (exact) mass is 429 g/mol. The summed E-state index contributed by atoms with van der Waals surface area (Å²) in [6.07, 6.45) is 0. The topological polar surface area (TPSA) is 215 Å². The van der Waals surface area contributed by atoms with Crippen LogP contribution in [0.15, 0.2) is 0 Å². The third-order valence-electron chi connectivity index (χ3n) is 2.81. The quantitative estimate of drug-likeness (QED) is 0.0826. The van der Waals surface area contributed by atoms with Crippen molar-refractivity contribution >= 4 is 33.5 Å². The van der Waals surface area contributed by atoms with Crippen LogP contribution in [0.2, 0.25) is 0 Å². The first-order valence-corrected chi connectivity index (χ1v) is 11.1. The van der Waals surface area contributed by atoms with Gasteiger partial charge in [-0.3, -0.25) is 9.59 Å². The summed E-state index contributed by atoms with van der Waals surface area (Å²) in [6, 6.07) is -1.85. The minimum Gasteiger partial charge on any atom is -0.480 e. The number of hydrogen-bond donors (Lipinski definition) is 9. The number of carboxylic acid groups (broad SMARTS) is 2. The molecule has 0 radical (unpaired) electrons. The normalized spacial score (nSPS) is 12.7. The van der Waals surface area contributed by atoms with E-state index in [1.807, 2.05) is 0 Å². The van der Waals surface area contributed by atoms with Gasteiger partial charge in [-0.25, -0.2) is 0 Å². The van der Waals surface area contributed by atoms with Crippen molar-refractivity contribution < 1.29 is 19.8 Å². The minimum atomic E-state index is -1.07. The first-order valence-electron chi connectivity index (χ1n) is 8.60. The summed E-state index contributed by atoms with van der Waals surface area (Å²) in [4.78, 5) is 20.5. The predicted molar refractivity (Wildman–Crippen MR) is 113 cm³/mol. The highest BCUT2D eigenvalue weighted by Gasteiger charge is 2.14. The van der Waals surface area contributed by atoms with E-state index in [0.717, 1.165) is 39.3 Å². The summed E-state index contributed by atoms with van der Waals surface area (Å²) in [5.41, 5.74) is 21.1. The average molecular weight is 430 g/mol. The van der Waals surface area contributed by atoms with E-state index >= 15 is 0 Å². The van der Waals surface area contributed by atoms with Crippen molar-refractivity contribution in [1.29, 1.82) is 0 Å². The van der Waals surface area contributed by atoms with E-state index in [1.165, 1.54) is 21.6 Å². The smallest absolute Gasteiger partial charge is 0.321 e. The SMILES string of the molecule is NC(CSSCC(N)C(=O)O)C(=O)O.NCCNCCNCCNCCN. The molecule has 13 N–H and O–H groups in total. The van der Waals surface area contributed by atoms with Gasteiger partial charge in [0.15, 0.2) is 0 Å². The van der Waals surface area contributed by atoms with Crippen molar-refractivity contribution in [2.24, 2.45) is 22.9 Å². The molecule has 0 saturated heterocycles. The van der Waals surface area contributed by atoms with Gasteiger partial charge in [0.25, 0.3) is 0 Å². The standard InChI is InChI=1S/C8H23N5.C6H12N2O4S2/c9-1-3-11-5-7-13-8-6-12-4-2-10;7-3(5(9)10)1-13-14-2-4(8)6(11)12/h11-13H,1-10H2;3-4H,1-2,7-8H2,(H,9,10)(H,11,12). The summed E-state index contributed by atoms with van der Waals surface area (Å²) in [7, 11) is 2.41. The zero-order chi connectivity index (χ0) is 20.9. The summed E-state index contributed by atoms with van der Waals surface area (Å²) in [5.74, 6) is -1.68. The van der Waals surface area contributed by atoms with E-state index in [1.54, 1.807) is 0 Å². The van der Waals surface area contributed by atoms with Crippen LogP contribution in [0.25, 0.3) is 0 Å². The number of rotatable bonds is 17. The van der Waals surface area contributed by atoms with E-state index in [9.17, 15) is 9.59 Å². The minimum absolute atomic E-state index is 0.229. The van der Waals surface area contributed by atoms with Crippen LogP contribution in [0.3, 0.4) is 0 Å². The molecule has 0 saturated carbocycles. The summed E-state index contributed by atoms with van der Waals surface area (Å²) >= 11 is 0. The second kappa shape index (κ2) is 21.7. The number of nitrogens with two attached hydrogens (primary N) is 4. The van der Waals surface area contributed by atoms with Crippen molar-refractivity contribution in [2.75, 3.05) is 63.9 Å². The fourth-order valence-corrected chi connectivity index (χ4v) is 3.55. The van der Waals surface area contributed by atoms with Crippen LogP contribution >= 0.6 is 21.6 Å². The molecule has 13 heteroatoms. The molecule has 162 valence electrons. The van der Waals surface area contributed by atoms with E-state index < -0.39 is 24.0 Å². The molecular weight excluding hydrogens is 394 g/mol. The predicted octanol–water partition coefficient (Wildman–Crippen LogP) is -3.14. The zero-order valence-electron chi connectivity index (χ0n) is 15.6. The molecule has 0 rings (SSSR count). The largest absolute Gasteiger partial charge is 0.480 e. The third kappa shape index (κ3) is 23.3. The molecular formula is C14H35N7O4S2. The Morgan fingerprint density at radius 1 is 0.704 bits per heavy atom. The molecule has 0 spiro atoms. The van der Waals surface area contributed by atoms with Crippen LogP contribution < -0.4 is 38.9 Å². The Bertz CT molecular complexity index is 338. The number of hydrogen-bond acceptors (Lipinski definition) is 11. The van der Waals surface area contributed by atoms with Gasteiger partial charge in [-0.05, 0) is 0 Å². The Labute approximate surface area is 168 Å². The Morgan fingerprint density at radius 2 is 1.00 bits per heavy atom. The van der Waals surface area contributed by atoms with Crippen LogP contribution in [-0.4, -0.2) is 98.1 Å². The van der Waals surface area contributed by atoms with Crippen molar-refractivity contribution in [1.82, 2.24) is 16.0 Å². The molecule has 0 aromatic rings. The molecule has 0 aromatic heterocycles. The molecule has 27 heavy (non-hydrogen) atoms.